The molecule has 18 heavy (non-hydrogen) atoms. The van der Waals surface area contributed by atoms with Crippen LogP contribution in [0.2, 0.25) is 0 Å². The number of thiazole rings is 1. The first-order valence-corrected chi connectivity index (χ1v) is 6.69. The summed E-state index contributed by atoms with van der Waals surface area (Å²) >= 11 is 1.65. The first-order valence-electron chi connectivity index (χ1n) is 5.88. The molecular formula is C14H17NO2S. The van der Waals surface area contributed by atoms with Gasteiger partial charge in [-0.3, -0.25) is 0 Å². The Hall–Kier alpha value is -1.39. The van der Waals surface area contributed by atoms with Crippen molar-refractivity contribution in [3.63, 3.8) is 0 Å². The molecule has 0 bridgehead atoms. The van der Waals surface area contributed by atoms with Crippen LogP contribution in [-0.4, -0.2) is 23.8 Å². The second-order valence-electron chi connectivity index (χ2n) is 4.17. The summed E-state index contributed by atoms with van der Waals surface area (Å²) in [5, 5.41) is 9.94. The van der Waals surface area contributed by atoms with Gasteiger partial charge in [-0.25, -0.2) is 4.98 Å². The Morgan fingerprint density at radius 1 is 1.33 bits per heavy atom. The van der Waals surface area contributed by atoms with Crippen LogP contribution in [-0.2, 0) is 6.42 Å². The molecule has 0 aliphatic carbocycles. The van der Waals surface area contributed by atoms with Gasteiger partial charge < -0.3 is 9.84 Å². The third-order valence-corrected chi connectivity index (χ3v) is 3.87. The number of aromatic nitrogens is 1. The van der Waals surface area contributed by atoms with Crippen LogP contribution in [0.4, 0.5) is 0 Å². The zero-order chi connectivity index (χ0) is 13.1. The SMILES string of the molecule is COc1ccc(-c2nc(CCO)sc2C)cc1C. The molecule has 2 rings (SSSR count). The van der Waals surface area contributed by atoms with Crippen LogP contribution in [0.3, 0.4) is 0 Å². The molecule has 1 aromatic carbocycles. The molecule has 0 spiro atoms. The van der Waals surface area contributed by atoms with Crippen LogP contribution in [0.1, 0.15) is 15.4 Å². The van der Waals surface area contributed by atoms with E-state index in [1.807, 2.05) is 19.1 Å². The highest BCUT2D eigenvalue weighted by molar-refractivity contribution is 7.12. The fourth-order valence-electron chi connectivity index (χ4n) is 1.95. The van der Waals surface area contributed by atoms with Gasteiger partial charge in [-0.05, 0) is 37.6 Å². The molecule has 2 aromatic rings. The summed E-state index contributed by atoms with van der Waals surface area (Å²) in [4.78, 5) is 5.77. The first kappa shape index (κ1) is 13.1. The Kier molecular flexibility index (Phi) is 3.99. The van der Waals surface area contributed by atoms with Crippen LogP contribution in [0.25, 0.3) is 11.3 Å². The highest BCUT2D eigenvalue weighted by Crippen LogP contribution is 2.30. The van der Waals surface area contributed by atoms with Gasteiger partial charge in [-0.2, -0.15) is 0 Å². The quantitative estimate of drug-likeness (QED) is 0.922. The molecule has 0 amide bonds. The van der Waals surface area contributed by atoms with Gasteiger partial charge >= 0.3 is 0 Å². The monoisotopic (exact) mass is 263 g/mol. The minimum atomic E-state index is 0.147. The number of rotatable bonds is 4. The molecule has 0 saturated carbocycles. The van der Waals surface area contributed by atoms with Crippen LogP contribution in [0.5, 0.6) is 5.75 Å². The molecule has 1 aromatic heterocycles. The first-order chi connectivity index (χ1) is 8.65. The summed E-state index contributed by atoms with van der Waals surface area (Å²) in [5.74, 6) is 0.891. The van der Waals surface area contributed by atoms with E-state index in [2.05, 4.69) is 18.0 Å². The molecule has 0 atom stereocenters. The molecule has 0 fully saturated rings. The van der Waals surface area contributed by atoms with Crippen molar-refractivity contribution < 1.29 is 9.84 Å². The van der Waals surface area contributed by atoms with Crippen LogP contribution in [0, 0.1) is 13.8 Å². The summed E-state index contributed by atoms with van der Waals surface area (Å²) in [6.07, 6.45) is 0.626. The van der Waals surface area contributed by atoms with Crippen LogP contribution >= 0.6 is 11.3 Å². The average molecular weight is 263 g/mol. The fraction of sp³-hybridized carbons (Fsp3) is 0.357. The minimum absolute atomic E-state index is 0.147. The summed E-state index contributed by atoms with van der Waals surface area (Å²) in [7, 11) is 1.68. The minimum Gasteiger partial charge on any atom is -0.496 e. The third-order valence-electron chi connectivity index (χ3n) is 2.83. The highest BCUT2D eigenvalue weighted by Gasteiger charge is 2.10. The lowest BCUT2D eigenvalue weighted by atomic mass is 10.1. The van der Waals surface area contributed by atoms with E-state index in [9.17, 15) is 0 Å². The van der Waals surface area contributed by atoms with E-state index in [-0.39, 0.29) is 6.61 Å². The molecule has 0 saturated heterocycles. The average Bonchev–Trinajstić information content (AvgIpc) is 2.71. The predicted octanol–water partition coefficient (Wildman–Crippen LogP) is 2.97. The van der Waals surface area contributed by atoms with Crippen molar-refractivity contribution in [1.82, 2.24) is 4.98 Å². The van der Waals surface area contributed by atoms with Crippen LogP contribution in [0.15, 0.2) is 18.2 Å². The lowest BCUT2D eigenvalue weighted by molar-refractivity contribution is 0.299. The molecule has 96 valence electrons. The number of aliphatic hydroxyl groups is 1. The summed E-state index contributed by atoms with van der Waals surface area (Å²) in [5.41, 5.74) is 3.21. The smallest absolute Gasteiger partial charge is 0.121 e. The maximum atomic E-state index is 8.95. The molecule has 3 nitrogen and oxygen atoms in total. The number of ether oxygens (including phenoxy) is 1. The molecule has 4 heteroatoms. The van der Waals surface area contributed by atoms with E-state index in [1.54, 1.807) is 18.4 Å². The van der Waals surface area contributed by atoms with Gasteiger partial charge in [0.15, 0.2) is 0 Å². The van der Waals surface area contributed by atoms with Gasteiger partial charge in [-0.15, -0.1) is 11.3 Å². The van der Waals surface area contributed by atoms with Gasteiger partial charge in [0.1, 0.15) is 5.75 Å². The van der Waals surface area contributed by atoms with Gasteiger partial charge in [-0.1, -0.05) is 0 Å². The van der Waals surface area contributed by atoms with Crippen molar-refractivity contribution in [2.24, 2.45) is 0 Å². The van der Waals surface area contributed by atoms with Crippen molar-refractivity contribution in [3.05, 3.63) is 33.6 Å². The molecule has 0 aliphatic heterocycles. The van der Waals surface area contributed by atoms with E-state index in [0.717, 1.165) is 27.6 Å². The number of aliphatic hydroxyl groups excluding tert-OH is 1. The number of benzene rings is 1. The molecule has 1 N–H and O–H groups in total. The number of hydrogen-bond donors (Lipinski definition) is 1. The van der Waals surface area contributed by atoms with Gasteiger partial charge in [0.05, 0.1) is 17.8 Å². The summed E-state index contributed by atoms with van der Waals surface area (Å²) < 4.78 is 5.26. The lowest BCUT2D eigenvalue weighted by Gasteiger charge is -2.06. The largest absolute Gasteiger partial charge is 0.496 e. The summed E-state index contributed by atoms with van der Waals surface area (Å²) in [6.45, 7) is 4.24. The van der Waals surface area contributed by atoms with E-state index in [0.29, 0.717) is 6.42 Å². The van der Waals surface area contributed by atoms with Gasteiger partial charge in [0.2, 0.25) is 0 Å². The van der Waals surface area contributed by atoms with E-state index in [1.165, 1.54) is 4.88 Å². The van der Waals surface area contributed by atoms with E-state index < -0.39 is 0 Å². The third kappa shape index (κ3) is 2.54. The number of methoxy groups -OCH3 is 1. The Labute approximate surface area is 111 Å². The van der Waals surface area contributed by atoms with Gasteiger partial charge in [0, 0.05) is 23.5 Å². The maximum Gasteiger partial charge on any atom is 0.121 e. The number of hydrogen-bond acceptors (Lipinski definition) is 4. The number of aryl methyl sites for hydroxylation is 2. The lowest BCUT2D eigenvalue weighted by Crippen LogP contribution is -1.90. The van der Waals surface area contributed by atoms with Crippen molar-refractivity contribution in [2.45, 2.75) is 20.3 Å². The highest BCUT2D eigenvalue weighted by atomic mass is 32.1. The number of nitrogens with zero attached hydrogens (tertiary/aromatic N) is 1. The van der Waals surface area contributed by atoms with Crippen molar-refractivity contribution >= 4 is 11.3 Å². The normalized spacial score (nSPS) is 10.7. The van der Waals surface area contributed by atoms with Crippen molar-refractivity contribution in [2.75, 3.05) is 13.7 Å². The maximum absolute atomic E-state index is 8.95. The molecule has 1 heterocycles. The topological polar surface area (TPSA) is 42.4 Å². The summed E-state index contributed by atoms with van der Waals surface area (Å²) in [6, 6.07) is 6.08. The second-order valence-corrected chi connectivity index (χ2v) is 5.46. The Morgan fingerprint density at radius 2 is 2.11 bits per heavy atom. The molecule has 0 aliphatic rings. The zero-order valence-electron chi connectivity index (χ0n) is 10.9. The molecule has 0 radical (unpaired) electrons. The zero-order valence-corrected chi connectivity index (χ0v) is 11.7. The molecule has 0 unspecified atom stereocenters. The van der Waals surface area contributed by atoms with Crippen molar-refractivity contribution in [1.29, 1.82) is 0 Å². The van der Waals surface area contributed by atoms with Gasteiger partial charge in [0.25, 0.3) is 0 Å². The molecular weight excluding hydrogens is 246 g/mol. The standard InChI is InChI=1S/C14H17NO2S/c1-9-8-11(4-5-12(9)17-3)14-10(2)18-13(15-14)6-7-16/h4-5,8,16H,6-7H2,1-3H3. The van der Waals surface area contributed by atoms with E-state index >= 15 is 0 Å². The predicted molar refractivity (Wildman–Crippen MR) is 74.4 cm³/mol. The Bertz CT molecular complexity index is 549. The fourth-order valence-corrected chi connectivity index (χ4v) is 2.89. The Morgan fingerprint density at radius 3 is 2.72 bits per heavy atom. The Balaban J connectivity index is 2.39. The second kappa shape index (κ2) is 5.50. The van der Waals surface area contributed by atoms with E-state index in [4.69, 9.17) is 9.84 Å². The van der Waals surface area contributed by atoms with Crippen LogP contribution < -0.4 is 4.74 Å². The van der Waals surface area contributed by atoms with Crippen molar-refractivity contribution in [3.8, 4) is 17.0 Å².